The molecule has 1 heterocycles. The van der Waals surface area contributed by atoms with Crippen LogP contribution in [0.4, 0.5) is 14.5 Å². The van der Waals surface area contributed by atoms with Gasteiger partial charge in [0.15, 0.2) is 11.6 Å². The lowest BCUT2D eigenvalue weighted by atomic mass is 9.84. The van der Waals surface area contributed by atoms with Crippen LogP contribution >= 0.6 is 0 Å². The first-order chi connectivity index (χ1) is 14.0. The maximum Gasteiger partial charge on any atom is 0.451 e. The molecule has 0 saturated carbocycles. The van der Waals surface area contributed by atoms with Crippen LogP contribution < -0.4 is 10.6 Å². The van der Waals surface area contributed by atoms with Gasteiger partial charge < -0.3 is 25.2 Å². The number of amides is 2. The van der Waals surface area contributed by atoms with Crippen molar-refractivity contribution in [3.05, 3.63) is 52.3 Å². The van der Waals surface area contributed by atoms with Crippen LogP contribution in [0.5, 0.6) is 0 Å². The zero-order valence-corrected chi connectivity index (χ0v) is 16.8. The second kappa shape index (κ2) is 9.64. The maximum absolute atomic E-state index is 13.4. The van der Waals surface area contributed by atoms with Gasteiger partial charge in [-0.15, -0.1) is 0 Å². The SMILES string of the molecule is Cc1c(C(=O)C(=O)NCCCB(O)O)c(C)n(C)c1C(=O)Nc1ccc(F)c(F)c1. The van der Waals surface area contributed by atoms with Gasteiger partial charge in [0, 0.05) is 31.0 Å². The van der Waals surface area contributed by atoms with E-state index in [1.165, 1.54) is 17.6 Å². The van der Waals surface area contributed by atoms with Crippen LogP contribution in [0.2, 0.25) is 6.32 Å². The van der Waals surface area contributed by atoms with E-state index >= 15 is 0 Å². The Morgan fingerprint density at radius 3 is 2.40 bits per heavy atom. The molecular formula is C19H22BF2N3O5. The molecule has 2 rings (SSSR count). The number of rotatable bonds is 8. The lowest BCUT2D eigenvalue weighted by Gasteiger charge is -2.08. The van der Waals surface area contributed by atoms with Crippen LogP contribution in [0.25, 0.3) is 0 Å². The summed E-state index contributed by atoms with van der Waals surface area (Å²) in [6.07, 6.45) is 0.317. The van der Waals surface area contributed by atoms with Gasteiger partial charge in [0.1, 0.15) is 5.69 Å². The molecule has 0 radical (unpaired) electrons. The number of hydrogen-bond acceptors (Lipinski definition) is 5. The zero-order chi connectivity index (χ0) is 22.6. The highest BCUT2D eigenvalue weighted by Gasteiger charge is 2.28. The number of carbonyl (C=O) groups excluding carboxylic acids is 3. The normalized spacial score (nSPS) is 10.6. The summed E-state index contributed by atoms with van der Waals surface area (Å²) >= 11 is 0. The highest BCUT2D eigenvalue weighted by atomic mass is 19.2. The number of aromatic nitrogens is 1. The first kappa shape index (κ1) is 23.2. The van der Waals surface area contributed by atoms with Crippen LogP contribution in [-0.4, -0.2) is 45.9 Å². The minimum atomic E-state index is -1.49. The number of ketones is 1. The highest BCUT2D eigenvalue weighted by molar-refractivity contribution is 6.43. The molecule has 2 aromatic rings. The van der Waals surface area contributed by atoms with E-state index in [-0.39, 0.29) is 41.8 Å². The van der Waals surface area contributed by atoms with E-state index in [2.05, 4.69) is 10.6 Å². The molecule has 0 fully saturated rings. The molecule has 2 amide bonds. The van der Waals surface area contributed by atoms with E-state index in [0.717, 1.165) is 12.1 Å². The summed E-state index contributed by atoms with van der Waals surface area (Å²) in [6.45, 7) is 3.16. The van der Waals surface area contributed by atoms with Crippen molar-refractivity contribution in [2.75, 3.05) is 11.9 Å². The number of carbonyl (C=O) groups is 3. The van der Waals surface area contributed by atoms with Crippen molar-refractivity contribution in [3.8, 4) is 0 Å². The standard InChI is InChI=1S/C19H22BF2N3O5/c1-10-15(17(26)19(28)23-8-4-7-20(29)30)11(2)25(3)16(10)18(27)24-12-5-6-13(21)14(22)9-12/h5-6,9,29-30H,4,7-8H2,1-3H3,(H,23,28)(H,24,27). The fourth-order valence-electron chi connectivity index (χ4n) is 3.08. The minimum absolute atomic E-state index is 0.0360. The Balaban J connectivity index is 2.21. The third-order valence-corrected chi connectivity index (χ3v) is 4.68. The van der Waals surface area contributed by atoms with Gasteiger partial charge in [-0.3, -0.25) is 14.4 Å². The van der Waals surface area contributed by atoms with Gasteiger partial charge >= 0.3 is 7.12 Å². The van der Waals surface area contributed by atoms with E-state index in [1.54, 1.807) is 14.0 Å². The second-order valence-corrected chi connectivity index (χ2v) is 6.78. The van der Waals surface area contributed by atoms with E-state index < -0.39 is 36.4 Å². The predicted molar refractivity (Wildman–Crippen MR) is 106 cm³/mol. The number of nitrogens with one attached hydrogen (secondary N) is 2. The number of hydrogen-bond donors (Lipinski definition) is 4. The Bertz CT molecular complexity index is 991. The molecule has 0 aliphatic rings. The van der Waals surface area contributed by atoms with Gasteiger partial charge in [0.25, 0.3) is 17.6 Å². The molecule has 1 aromatic heterocycles. The minimum Gasteiger partial charge on any atom is -0.427 e. The third kappa shape index (κ3) is 5.11. The van der Waals surface area contributed by atoms with E-state index in [1.807, 2.05) is 0 Å². The Hall–Kier alpha value is -3.05. The van der Waals surface area contributed by atoms with Crippen molar-refractivity contribution < 1.29 is 33.2 Å². The van der Waals surface area contributed by atoms with Crippen molar-refractivity contribution in [1.82, 2.24) is 9.88 Å². The quantitative estimate of drug-likeness (QED) is 0.222. The van der Waals surface area contributed by atoms with Gasteiger partial charge in [-0.2, -0.15) is 0 Å². The van der Waals surface area contributed by atoms with Crippen molar-refractivity contribution in [1.29, 1.82) is 0 Å². The van der Waals surface area contributed by atoms with Gasteiger partial charge in [-0.25, -0.2) is 8.78 Å². The van der Waals surface area contributed by atoms with E-state index in [0.29, 0.717) is 5.69 Å². The van der Waals surface area contributed by atoms with Crippen molar-refractivity contribution in [2.45, 2.75) is 26.6 Å². The molecular weight excluding hydrogens is 399 g/mol. The number of nitrogens with zero attached hydrogens (tertiary/aromatic N) is 1. The van der Waals surface area contributed by atoms with Crippen LogP contribution in [0.1, 0.15) is 38.5 Å². The molecule has 0 aliphatic heterocycles. The predicted octanol–water partition coefficient (Wildman–Crippen LogP) is 1.33. The summed E-state index contributed by atoms with van der Waals surface area (Å²) in [6, 6.07) is 2.91. The van der Waals surface area contributed by atoms with Crippen molar-refractivity contribution >= 4 is 30.4 Å². The maximum atomic E-state index is 13.4. The number of halogens is 2. The first-order valence-electron chi connectivity index (χ1n) is 9.15. The summed E-state index contributed by atoms with van der Waals surface area (Å²) in [5, 5.41) is 22.4. The second-order valence-electron chi connectivity index (χ2n) is 6.78. The fourth-order valence-corrected chi connectivity index (χ4v) is 3.08. The monoisotopic (exact) mass is 421 g/mol. The molecule has 30 heavy (non-hydrogen) atoms. The molecule has 8 nitrogen and oxygen atoms in total. The first-order valence-corrected chi connectivity index (χ1v) is 9.15. The average molecular weight is 421 g/mol. The van der Waals surface area contributed by atoms with Gasteiger partial charge in [-0.05, 0) is 44.3 Å². The van der Waals surface area contributed by atoms with Crippen LogP contribution in [0, 0.1) is 25.5 Å². The number of Topliss-reactive ketones (excluding diaryl/α,β-unsaturated/α-hetero) is 1. The lowest BCUT2D eigenvalue weighted by Crippen LogP contribution is -2.32. The van der Waals surface area contributed by atoms with Crippen molar-refractivity contribution in [2.24, 2.45) is 7.05 Å². The lowest BCUT2D eigenvalue weighted by molar-refractivity contribution is -0.117. The number of benzene rings is 1. The highest BCUT2D eigenvalue weighted by Crippen LogP contribution is 2.23. The van der Waals surface area contributed by atoms with E-state index in [9.17, 15) is 23.2 Å². The molecule has 1 aromatic carbocycles. The number of anilines is 1. The summed E-state index contributed by atoms with van der Waals surface area (Å²) in [5.41, 5.74) is 0.841. The summed E-state index contributed by atoms with van der Waals surface area (Å²) in [5.74, 6) is -4.54. The molecule has 0 bridgehead atoms. The fraction of sp³-hybridized carbons (Fsp3) is 0.316. The zero-order valence-electron chi connectivity index (χ0n) is 16.8. The molecule has 0 atom stereocenters. The Kier molecular flexibility index (Phi) is 7.46. The Morgan fingerprint density at radius 1 is 1.13 bits per heavy atom. The van der Waals surface area contributed by atoms with Gasteiger partial charge in [0.2, 0.25) is 0 Å². The van der Waals surface area contributed by atoms with Crippen LogP contribution in [0.3, 0.4) is 0 Å². The summed E-state index contributed by atoms with van der Waals surface area (Å²) < 4.78 is 27.9. The Morgan fingerprint density at radius 2 is 1.80 bits per heavy atom. The van der Waals surface area contributed by atoms with Gasteiger partial charge in [-0.1, -0.05) is 0 Å². The topological polar surface area (TPSA) is 121 Å². The summed E-state index contributed by atoms with van der Waals surface area (Å²) in [7, 11) is 0.0478. The van der Waals surface area contributed by atoms with E-state index in [4.69, 9.17) is 10.0 Å². The smallest absolute Gasteiger partial charge is 0.427 e. The molecule has 4 N–H and O–H groups in total. The molecule has 0 spiro atoms. The largest absolute Gasteiger partial charge is 0.451 e. The molecule has 160 valence electrons. The third-order valence-electron chi connectivity index (χ3n) is 4.68. The Labute approximate surface area is 172 Å². The van der Waals surface area contributed by atoms with Crippen molar-refractivity contribution in [3.63, 3.8) is 0 Å². The molecule has 0 saturated heterocycles. The molecule has 0 aliphatic carbocycles. The molecule has 0 unspecified atom stereocenters. The molecule has 11 heteroatoms. The average Bonchev–Trinajstić information content (AvgIpc) is 2.89. The van der Waals surface area contributed by atoms with Gasteiger partial charge in [0.05, 0.1) is 5.56 Å². The van der Waals surface area contributed by atoms with Crippen LogP contribution in [0.15, 0.2) is 18.2 Å². The summed E-state index contributed by atoms with van der Waals surface area (Å²) in [4.78, 5) is 37.4. The van der Waals surface area contributed by atoms with Crippen LogP contribution in [-0.2, 0) is 11.8 Å².